The van der Waals surface area contributed by atoms with Gasteiger partial charge in [-0.1, -0.05) is 30.3 Å². The van der Waals surface area contributed by atoms with Crippen LogP contribution in [0.3, 0.4) is 0 Å². The molecule has 0 fully saturated rings. The predicted octanol–water partition coefficient (Wildman–Crippen LogP) is 2.20. The normalized spacial score (nSPS) is 12.6. The Morgan fingerprint density at radius 2 is 2.12 bits per heavy atom. The lowest BCUT2D eigenvalue weighted by Gasteiger charge is -2.16. The number of thioether (sulfide) groups is 1. The van der Waals surface area contributed by atoms with Crippen molar-refractivity contribution in [1.29, 1.82) is 0 Å². The fourth-order valence-corrected chi connectivity index (χ4v) is 2.86. The smallest absolute Gasteiger partial charge is 0.126 e. The van der Waals surface area contributed by atoms with E-state index in [1.54, 1.807) is 0 Å². The third kappa shape index (κ3) is 2.90. The summed E-state index contributed by atoms with van der Waals surface area (Å²) >= 11 is 1.84. The molecule has 2 rings (SSSR count). The summed E-state index contributed by atoms with van der Waals surface area (Å²) in [4.78, 5) is 4.45. The quantitative estimate of drug-likeness (QED) is 0.881. The van der Waals surface area contributed by atoms with E-state index in [1.807, 2.05) is 37.3 Å². The summed E-state index contributed by atoms with van der Waals surface area (Å²) in [6.07, 6.45) is 3.82. The van der Waals surface area contributed by atoms with Crippen LogP contribution < -0.4 is 5.73 Å². The molecular weight excluding hydrogens is 230 g/mol. The van der Waals surface area contributed by atoms with Gasteiger partial charge in [-0.2, -0.15) is 0 Å². The highest BCUT2D eigenvalue weighted by Crippen LogP contribution is 2.33. The molecule has 1 heterocycles. The van der Waals surface area contributed by atoms with Crippen LogP contribution in [0.5, 0.6) is 0 Å². The van der Waals surface area contributed by atoms with E-state index >= 15 is 0 Å². The Balaban J connectivity index is 2.29. The average molecular weight is 247 g/mol. The number of nitrogens with zero attached hydrogens (tertiary/aromatic N) is 2. The van der Waals surface area contributed by atoms with Gasteiger partial charge in [0, 0.05) is 31.7 Å². The maximum atomic E-state index is 5.60. The molecular formula is C13H17N3S. The van der Waals surface area contributed by atoms with Gasteiger partial charge in [0.1, 0.15) is 5.82 Å². The largest absolute Gasteiger partial charge is 0.337 e. The summed E-state index contributed by atoms with van der Waals surface area (Å²) in [5, 5.41) is 0.264. The molecule has 0 aliphatic carbocycles. The van der Waals surface area contributed by atoms with Crippen molar-refractivity contribution in [1.82, 2.24) is 9.55 Å². The molecule has 1 aromatic carbocycles. The van der Waals surface area contributed by atoms with E-state index in [1.165, 1.54) is 5.56 Å². The van der Waals surface area contributed by atoms with Crippen molar-refractivity contribution in [3.05, 3.63) is 54.1 Å². The number of rotatable bonds is 5. The third-order valence-electron chi connectivity index (χ3n) is 2.60. The van der Waals surface area contributed by atoms with Crippen molar-refractivity contribution in [2.45, 2.75) is 5.25 Å². The summed E-state index contributed by atoms with van der Waals surface area (Å²) in [6.45, 7) is 0.693. The van der Waals surface area contributed by atoms with Crippen LogP contribution in [0.2, 0.25) is 0 Å². The van der Waals surface area contributed by atoms with E-state index < -0.39 is 0 Å². The zero-order chi connectivity index (χ0) is 12.1. The van der Waals surface area contributed by atoms with Crippen molar-refractivity contribution in [3.8, 4) is 0 Å². The molecule has 3 nitrogen and oxygen atoms in total. The maximum absolute atomic E-state index is 5.60. The molecule has 0 amide bonds. The second-order valence-electron chi connectivity index (χ2n) is 3.85. The number of benzene rings is 1. The van der Waals surface area contributed by atoms with Crippen LogP contribution in [0.1, 0.15) is 16.6 Å². The minimum Gasteiger partial charge on any atom is -0.337 e. The van der Waals surface area contributed by atoms with Crippen LogP contribution in [0.15, 0.2) is 42.7 Å². The van der Waals surface area contributed by atoms with Gasteiger partial charge in [-0.3, -0.25) is 0 Å². The molecule has 0 spiro atoms. The molecule has 0 saturated carbocycles. The van der Waals surface area contributed by atoms with Gasteiger partial charge in [0.05, 0.1) is 5.25 Å². The highest BCUT2D eigenvalue weighted by Gasteiger charge is 2.17. The van der Waals surface area contributed by atoms with Crippen LogP contribution in [0.4, 0.5) is 0 Å². The van der Waals surface area contributed by atoms with Gasteiger partial charge in [-0.05, 0) is 5.56 Å². The Morgan fingerprint density at radius 3 is 2.71 bits per heavy atom. The van der Waals surface area contributed by atoms with Crippen LogP contribution in [0.25, 0.3) is 0 Å². The molecule has 1 atom stereocenters. The highest BCUT2D eigenvalue weighted by atomic mass is 32.2. The number of aromatic nitrogens is 2. The monoisotopic (exact) mass is 247 g/mol. The topological polar surface area (TPSA) is 43.8 Å². The lowest BCUT2D eigenvalue weighted by atomic mass is 10.1. The second kappa shape index (κ2) is 5.89. The Morgan fingerprint density at radius 1 is 1.35 bits per heavy atom. The van der Waals surface area contributed by atoms with Gasteiger partial charge in [0.15, 0.2) is 0 Å². The Bertz CT molecular complexity index is 453. The molecule has 0 bridgehead atoms. The number of imidazole rings is 1. The summed E-state index contributed by atoms with van der Waals surface area (Å²) in [5.74, 6) is 2.02. The molecule has 17 heavy (non-hydrogen) atoms. The Kier molecular flexibility index (Phi) is 4.23. The first-order valence-electron chi connectivity index (χ1n) is 5.66. The standard InChI is InChI=1S/C13H17N3S/c1-16-9-8-15-13(16)12(17-10-7-14)11-5-3-2-4-6-11/h2-6,8-9,12H,7,10,14H2,1H3. The maximum Gasteiger partial charge on any atom is 0.126 e. The van der Waals surface area contributed by atoms with Gasteiger partial charge >= 0.3 is 0 Å². The van der Waals surface area contributed by atoms with Crippen molar-refractivity contribution in [3.63, 3.8) is 0 Å². The molecule has 0 aliphatic heterocycles. The number of aryl methyl sites for hydroxylation is 1. The molecule has 1 aromatic heterocycles. The number of hydrogen-bond acceptors (Lipinski definition) is 3. The molecule has 1 unspecified atom stereocenters. The van der Waals surface area contributed by atoms with Crippen molar-refractivity contribution < 1.29 is 0 Å². The van der Waals surface area contributed by atoms with E-state index in [9.17, 15) is 0 Å². The Labute approximate surface area is 106 Å². The van der Waals surface area contributed by atoms with E-state index in [0.717, 1.165) is 11.6 Å². The SMILES string of the molecule is Cn1ccnc1C(SCCN)c1ccccc1. The average Bonchev–Trinajstić information content (AvgIpc) is 2.78. The number of nitrogens with two attached hydrogens (primary N) is 1. The summed E-state index contributed by atoms with van der Waals surface area (Å²) < 4.78 is 2.07. The molecule has 2 aromatic rings. The first kappa shape index (κ1) is 12.2. The zero-order valence-corrected chi connectivity index (χ0v) is 10.7. The van der Waals surface area contributed by atoms with E-state index in [0.29, 0.717) is 6.54 Å². The number of hydrogen-bond donors (Lipinski definition) is 1. The van der Waals surface area contributed by atoms with Crippen LogP contribution in [-0.4, -0.2) is 21.8 Å². The lowest BCUT2D eigenvalue weighted by molar-refractivity contribution is 0.813. The molecule has 0 aliphatic rings. The predicted molar refractivity (Wildman–Crippen MR) is 73.0 cm³/mol. The molecule has 90 valence electrons. The fourth-order valence-electron chi connectivity index (χ4n) is 1.76. The highest BCUT2D eigenvalue weighted by molar-refractivity contribution is 7.99. The van der Waals surface area contributed by atoms with Crippen LogP contribution >= 0.6 is 11.8 Å². The van der Waals surface area contributed by atoms with Crippen LogP contribution in [-0.2, 0) is 7.05 Å². The molecule has 0 radical (unpaired) electrons. The lowest BCUT2D eigenvalue weighted by Crippen LogP contribution is -2.09. The molecule has 0 saturated heterocycles. The second-order valence-corrected chi connectivity index (χ2v) is 5.06. The van der Waals surface area contributed by atoms with Crippen molar-refractivity contribution in [2.75, 3.05) is 12.3 Å². The zero-order valence-electron chi connectivity index (χ0n) is 9.91. The minimum atomic E-state index is 0.264. The molecule has 2 N–H and O–H groups in total. The fraction of sp³-hybridized carbons (Fsp3) is 0.308. The van der Waals surface area contributed by atoms with Gasteiger partial charge in [0.2, 0.25) is 0 Å². The van der Waals surface area contributed by atoms with Gasteiger partial charge in [-0.15, -0.1) is 11.8 Å². The van der Waals surface area contributed by atoms with Gasteiger partial charge < -0.3 is 10.3 Å². The Hall–Kier alpha value is -1.26. The summed E-state index contributed by atoms with van der Waals surface area (Å²) in [6, 6.07) is 10.4. The summed E-state index contributed by atoms with van der Waals surface area (Å²) in [7, 11) is 2.03. The van der Waals surface area contributed by atoms with Crippen molar-refractivity contribution in [2.24, 2.45) is 12.8 Å². The molecule has 4 heteroatoms. The van der Waals surface area contributed by atoms with E-state index in [2.05, 4.69) is 33.8 Å². The summed E-state index contributed by atoms with van der Waals surface area (Å²) in [5.41, 5.74) is 6.88. The van der Waals surface area contributed by atoms with Gasteiger partial charge in [-0.25, -0.2) is 4.98 Å². The third-order valence-corrected chi connectivity index (χ3v) is 3.89. The van der Waals surface area contributed by atoms with E-state index in [-0.39, 0.29) is 5.25 Å². The van der Waals surface area contributed by atoms with Crippen molar-refractivity contribution >= 4 is 11.8 Å². The van der Waals surface area contributed by atoms with E-state index in [4.69, 9.17) is 5.73 Å². The van der Waals surface area contributed by atoms with Gasteiger partial charge in [0.25, 0.3) is 0 Å². The first-order valence-corrected chi connectivity index (χ1v) is 6.71. The minimum absolute atomic E-state index is 0.264. The van der Waals surface area contributed by atoms with Crippen LogP contribution in [0, 0.1) is 0 Å². The first-order chi connectivity index (χ1) is 8.33.